The molecule has 3 rings (SSSR count). The van der Waals surface area contributed by atoms with Crippen LogP contribution in [0, 0.1) is 6.92 Å². The second kappa shape index (κ2) is 6.70. The number of nitrogens with zero attached hydrogens (tertiary/aromatic N) is 3. The lowest BCUT2D eigenvalue weighted by atomic mass is 10.0. The van der Waals surface area contributed by atoms with Crippen molar-refractivity contribution in [1.82, 2.24) is 20.3 Å². The molecule has 0 aliphatic rings. The Morgan fingerprint density at radius 2 is 2.04 bits per heavy atom. The van der Waals surface area contributed by atoms with Crippen LogP contribution >= 0.6 is 0 Å². The van der Waals surface area contributed by atoms with Gasteiger partial charge in [0.05, 0.1) is 12.8 Å². The van der Waals surface area contributed by atoms with Crippen molar-refractivity contribution in [3.63, 3.8) is 0 Å². The molecule has 0 aliphatic heterocycles. The van der Waals surface area contributed by atoms with Crippen LogP contribution in [0.2, 0.25) is 0 Å². The molecule has 124 valence electrons. The summed E-state index contributed by atoms with van der Waals surface area (Å²) in [5, 5.41) is 13.0. The molecule has 6 heteroatoms. The molecule has 0 unspecified atom stereocenters. The third-order valence-corrected chi connectivity index (χ3v) is 4.20. The minimum Gasteiger partial charge on any atom is -0.496 e. The summed E-state index contributed by atoms with van der Waals surface area (Å²) in [4.78, 5) is 12.2. The molecule has 1 N–H and O–H groups in total. The number of hydrogen-bond donors (Lipinski definition) is 1. The molecule has 1 amide bonds. The zero-order valence-corrected chi connectivity index (χ0v) is 14.0. The highest BCUT2D eigenvalue weighted by atomic mass is 16.5. The lowest BCUT2D eigenvalue weighted by molar-refractivity contribution is 0.0948. The van der Waals surface area contributed by atoms with Gasteiger partial charge in [0, 0.05) is 19.2 Å². The molecular weight excluding hydrogens is 304 g/mol. The third-order valence-electron chi connectivity index (χ3n) is 4.20. The summed E-state index contributed by atoms with van der Waals surface area (Å²) in [6, 6.07) is 12.2. The van der Waals surface area contributed by atoms with Crippen LogP contribution in [-0.4, -0.2) is 34.6 Å². The standard InChI is InChI=1S/C18H20N4O2/c1-12-17(20-21-22(12)2)18(23)19-11-10-15-14-7-5-4-6-13(14)8-9-16(15)24-3/h4-9H,10-11H2,1-3H3,(H,19,23). The van der Waals surface area contributed by atoms with E-state index in [1.165, 1.54) is 0 Å². The van der Waals surface area contributed by atoms with Crippen molar-refractivity contribution in [2.45, 2.75) is 13.3 Å². The van der Waals surface area contributed by atoms with Gasteiger partial charge in [-0.15, -0.1) is 5.10 Å². The Kier molecular flexibility index (Phi) is 4.46. The van der Waals surface area contributed by atoms with Crippen LogP contribution in [0.3, 0.4) is 0 Å². The van der Waals surface area contributed by atoms with Gasteiger partial charge in [-0.25, -0.2) is 0 Å². The molecule has 0 fully saturated rings. The molecule has 0 bridgehead atoms. The molecule has 1 heterocycles. The van der Waals surface area contributed by atoms with E-state index >= 15 is 0 Å². The summed E-state index contributed by atoms with van der Waals surface area (Å²) < 4.78 is 7.07. The number of amides is 1. The van der Waals surface area contributed by atoms with Crippen LogP contribution in [0.1, 0.15) is 21.7 Å². The Morgan fingerprint density at radius 1 is 1.25 bits per heavy atom. The smallest absolute Gasteiger partial charge is 0.273 e. The number of fused-ring (bicyclic) bond motifs is 1. The van der Waals surface area contributed by atoms with Crippen molar-refractivity contribution in [1.29, 1.82) is 0 Å². The fourth-order valence-corrected chi connectivity index (χ4v) is 2.76. The van der Waals surface area contributed by atoms with Gasteiger partial charge in [-0.3, -0.25) is 9.48 Å². The van der Waals surface area contributed by atoms with Gasteiger partial charge in [0.15, 0.2) is 5.69 Å². The highest BCUT2D eigenvalue weighted by Crippen LogP contribution is 2.28. The first-order valence-electron chi connectivity index (χ1n) is 7.81. The van der Waals surface area contributed by atoms with Gasteiger partial charge in [-0.05, 0) is 30.2 Å². The zero-order chi connectivity index (χ0) is 17.1. The minimum atomic E-state index is -0.209. The molecule has 6 nitrogen and oxygen atoms in total. The van der Waals surface area contributed by atoms with Gasteiger partial charge in [0.25, 0.3) is 5.91 Å². The molecule has 3 aromatic rings. The predicted molar refractivity (Wildman–Crippen MR) is 92.3 cm³/mol. The second-order valence-electron chi connectivity index (χ2n) is 5.62. The van der Waals surface area contributed by atoms with Gasteiger partial charge in [-0.2, -0.15) is 0 Å². The van der Waals surface area contributed by atoms with E-state index in [4.69, 9.17) is 4.74 Å². The van der Waals surface area contributed by atoms with E-state index in [1.54, 1.807) is 18.8 Å². The lowest BCUT2D eigenvalue weighted by Gasteiger charge is -2.12. The fraction of sp³-hybridized carbons (Fsp3) is 0.278. The van der Waals surface area contributed by atoms with Gasteiger partial charge in [0.1, 0.15) is 5.75 Å². The molecule has 0 saturated carbocycles. The molecular formula is C18H20N4O2. The third kappa shape index (κ3) is 2.95. The number of hydrogen-bond acceptors (Lipinski definition) is 4. The maximum atomic E-state index is 12.2. The number of aryl methyl sites for hydroxylation is 1. The van der Waals surface area contributed by atoms with Gasteiger partial charge in [-0.1, -0.05) is 35.5 Å². The van der Waals surface area contributed by atoms with Crippen LogP contribution < -0.4 is 10.1 Å². The quantitative estimate of drug-likeness (QED) is 0.781. The molecule has 0 radical (unpaired) electrons. The number of carbonyl (C=O) groups is 1. The first kappa shape index (κ1) is 16.0. The van der Waals surface area contributed by atoms with Crippen molar-refractivity contribution in [2.24, 2.45) is 7.05 Å². The summed E-state index contributed by atoms with van der Waals surface area (Å²) in [6.45, 7) is 2.32. The Morgan fingerprint density at radius 3 is 2.75 bits per heavy atom. The Labute approximate surface area is 140 Å². The molecule has 24 heavy (non-hydrogen) atoms. The average molecular weight is 324 g/mol. The molecule has 0 saturated heterocycles. The second-order valence-corrected chi connectivity index (χ2v) is 5.62. The summed E-state index contributed by atoms with van der Waals surface area (Å²) in [5.41, 5.74) is 2.20. The number of methoxy groups -OCH3 is 1. The Hall–Kier alpha value is -2.89. The number of ether oxygens (including phenoxy) is 1. The summed E-state index contributed by atoms with van der Waals surface area (Å²) >= 11 is 0. The van der Waals surface area contributed by atoms with Crippen LogP contribution in [0.25, 0.3) is 10.8 Å². The van der Waals surface area contributed by atoms with Crippen LogP contribution in [0.5, 0.6) is 5.75 Å². The lowest BCUT2D eigenvalue weighted by Crippen LogP contribution is -2.27. The van der Waals surface area contributed by atoms with Crippen molar-refractivity contribution in [3.05, 3.63) is 53.3 Å². The van der Waals surface area contributed by atoms with E-state index < -0.39 is 0 Å². The summed E-state index contributed by atoms with van der Waals surface area (Å²) in [5.74, 6) is 0.624. The number of benzene rings is 2. The maximum absolute atomic E-state index is 12.2. The molecule has 2 aromatic carbocycles. The van der Waals surface area contributed by atoms with Crippen LogP contribution in [-0.2, 0) is 13.5 Å². The van der Waals surface area contributed by atoms with Crippen LogP contribution in [0.4, 0.5) is 0 Å². The van der Waals surface area contributed by atoms with E-state index in [-0.39, 0.29) is 5.91 Å². The van der Waals surface area contributed by atoms with Crippen molar-refractivity contribution in [2.75, 3.05) is 13.7 Å². The molecule has 0 spiro atoms. The van der Waals surface area contributed by atoms with Gasteiger partial charge >= 0.3 is 0 Å². The normalized spacial score (nSPS) is 10.8. The number of carbonyl (C=O) groups excluding carboxylic acids is 1. The van der Waals surface area contributed by atoms with Gasteiger partial charge in [0.2, 0.25) is 0 Å². The fourth-order valence-electron chi connectivity index (χ4n) is 2.76. The molecule has 0 atom stereocenters. The first-order chi connectivity index (χ1) is 11.6. The maximum Gasteiger partial charge on any atom is 0.273 e. The number of nitrogens with one attached hydrogen (secondary N) is 1. The summed E-state index contributed by atoms with van der Waals surface area (Å²) in [7, 11) is 3.43. The topological polar surface area (TPSA) is 69.0 Å². The first-order valence-corrected chi connectivity index (χ1v) is 7.81. The Bertz CT molecular complexity index is 886. The van der Waals surface area contributed by atoms with Crippen molar-refractivity contribution in [3.8, 4) is 5.75 Å². The highest BCUT2D eigenvalue weighted by molar-refractivity contribution is 5.93. The van der Waals surface area contributed by atoms with E-state index in [0.717, 1.165) is 27.8 Å². The van der Waals surface area contributed by atoms with E-state index in [2.05, 4.69) is 27.8 Å². The van der Waals surface area contributed by atoms with E-state index in [0.29, 0.717) is 18.7 Å². The molecule has 1 aromatic heterocycles. The SMILES string of the molecule is COc1ccc2ccccc2c1CCNC(=O)c1nnn(C)c1C. The molecule has 0 aliphatic carbocycles. The van der Waals surface area contributed by atoms with Crippen LogP contribution in [0.15, 0.2) is 36.4 Å². The number of rotatable bonds is 5. The highest BCUT2D eigenvalue weighted by Gasteiger charge is 2.15. The predicted octanol–water partition coefficient (Wildman–Crippen LogP) is 2.26. The van der Waals surface area contributed by atoms with Crippen molar-refractivity contribution >= 4 is 16.7 Å². The zero-order valence-electron chi connectivity index (χ0n) is 14.0. The number of aromatic nitrogens is 3. The van der Waals surface area contributed by atoms with E-state index in [9.17, 15) is 4.79 Å². The average Bonchev–Trinajstić information content (AvgIpc) is 2.94. The van der Waals surface area contributed by atoms with Gasteiger partial charge < -0.3 is 10.1 Å². The minimum absolute atomic E-state index is 0.209. The van der Waals surface area contributed by atoms with E-state index in [1.807, 2.05) is 31.2 Å². The Balaban J connectivity index is 1.76. The monoisotopic (exact) mass is 324 g/mol. The summed E-state index contributed by atoms with van der Waals surface area (Å²) in [6.07, 6.45) is 0.676. The van der Waals surface area contributed by atoms with Crippen molar-refractivity contribution < 1.29 is 9.53 Å². The largest absolute Gasteiger partial charge is 0.496 e.